The third-order valence-corrected chi connectivity index (χ3v) is 3.44. The summed E-state index contributed by atoms with van der Waals surface area (Å²) < 4.78 is 3.59. The van der Waals surface area contributed by atoms with Crippen molar-refractivity contribution in [2.75, 3.05) is 5.32 Å². The fraction of sp³-hybridized carbons (Fsp3) is 0.125. The number of hydrogen-bond acceptors (Lipinski definition) is 2. The van der Waals surface area contributed by atoms with Crippen molar-refractivity contribution < 1.29 is 4.79 Å². The molecule has 0 aliphatic carbocycles. The molecular weight excluding hydrogens is 264 g/mol. The van der Waals surface area contributed by atoms with Gasteiger partial charge in [0.25, 0.3) is 5.91 Å². The molecule has 1 N–H and O–H groups in total. The highest BCUT2D eigenvalue weighted by Crippen LogP contribution is 2.18. The van der Waals surface area contributed by atoms with E-state index in [9.17, 15) is 4.79 Å². The summed E-state index contributed by atoms with van der Waals surface area (Å²) in [6.07, 6.45) is 3.51. The van der Waals surface area contributed by atoms with Gasteiger partial charge in [-0.2, -0.15) is 5.10 Å². The van der Waals surface area contributed by atoms with Gasteiger partial charge in [-0.15, -0.1) is 0 Å². The molecule has 21 heavy (non-hydrogen) atoms. The van der Waals surface area contributed by atoms with Gasteiger partial charge in [-0.1, -0.05) is 18.2 Å². The Morgan fingerprint density at radius 1 is 1.14 bits per heavy atom. The highest BCUT2D eigenvalue weighted by molar-refractivity contribution is 6.03. The van der Waals surface area contributed by atoms with Crippen LogP contribution in [-0.2, 0) is 7.05 Å². The van der Waals surface area contributed by atoms with Crippen LogP contribution in [0.2, 0.25) is 0 Å². The average molecular weight is 280 g/mol. The largest absolute Gasteiger partial charge is 0.347 e. The number of para-hydroxylation sites is 1. The first-order chi connectivity index (χ1) is 10.2. The minimum Gasteiger partial charge on any atom is -0.347 e. The molecule has 0 radical (unpaired) electrons. The average Bonchev–Trinajstić information content (AvgIpc) is 3.07. The van der Waals surface area contributed by atoms with E-state index in [1.54, 1.807) is 21.5 Å². The van der Waals surface area contributed by atoms with E-state index in [1.807, 2.05) is 56.6 Å². The van der Waals surface area contributed by atoms with Crippen LogP contribution in [-0.4, -0.2) is 20.3 Å². The number of aryl methyl sites for hydroxylation is 1. The van der Waals surface area contributed by atoms with Crippen molar-refractivity contribution in [1.82, 2.24) is 14.3 Å². The van der Waals surface area contributed by atoms with Crippen molar-refractivity contribution in [1.29, 1.82) is 0 Å². The fourth-order valence-electron chi connectivity index (χ4n) is 2.25. The van der Waals surface area contributed by atoms with Gasteiger partial charge in [0, 0.05) is 13.2 Å². The maximum Gasteiger partial charge on any atom is 0.272 e. The van der Waals surface area contributed by atoms with Crippen molar-refractivity contribution in [2.45, 2.75) is 6.92 Å². The predicted octanol–water partition coefficient (Wildman–Crippen LogP) is 2.77. The minimum absolute atomic E-state index is 0.141. The first kappa shape index (κ1) is 13.2. The summed E-state index contributed by atoms with van der Waals surface area (Å²) in [5, 5.41) is 7.24. The van der Waals surface area contributed by atoms with Crippen LogP contribution >= 0.6 is 0 Å². The summed E-state index contributed by atoms with van der Waals surface area (Å²) >= 11 is 0. The lowest BCUT2D eigenvalue weighted by atomic mass is 10.3. The van der Waals surface area contributed by atoms with E-state index in [0.717, 1.165) is 11.4 Å². The molecule has 1 amide bonds. The second kappa shape index (κ2) is 5.28. The Balaban J connectivity index is 1.87. The molecule has 0 unspecified atom stereocenters. The minimum atomic E-state index is -0.141. The molecule has 0 fully saturated rings. The lowest BCUT2D eigenvalue weighted by molar-refractivity contribution is 0.101. The Bertz CT molecular complexity index is 771. The Labute approximate surface area is 122 Å². The van der Waals surface area contributed by atoms with Gasteiger partial charge in [-0.05, 0) is 31.2 Å². The monoisotopic (exact) mass is 280 g/mol. The molecule has 5 heteroatoms. The van der Waals surface area contributed by atoms with Gasteiger partial charge in [-0.3, -0.25) is 4.79 Å². The van der Waals surface area contributed by atoms with Crippen LogP contribution in [0.3, 0.4) is 0 Å². The summed E-state index contributed by atoms with van der Waals surface area (Å²) in [4.78, 5) is 12.2. The van der Waals surface area contributed by atoms with Gasteiger partial charge in [-0.25, -0.2) is 4.68 Å². The van der Waals surface area contributed by atoms with Crippen molar-refractivity contribution in [3.8, 4) is 5.69 Å². The quantitative estimate of drug-likeness (QED) is 0.802. The molecule has 0 bridgehead atoms. The molecule has 0 aliphatic rings. The molecule has 3 rings (SSSR count). The van der Waals surface area contributed by atoms with Crippen LogP contribution in [0.5, 0.6) is 0 Å². The topological polar surface area (TPSA) is 51.9 Å². The standard InChI is InChI=1S/C16H16N4O/c1-12-14(18-16(21)15-9-6-10-19(15)2)11-17-20(12)13-7-4-3-5-8-13/h3-11H,1-2H3,(H,18,21). The molecule has 0 spiro atoms. The smallest absolute Gasteiger partial charge is 0.272 e. The molecule has 1 aromatic carbocycles. The molecule has 0 saturated heterocycles. The number of rotatable bonds is 3. The normalized spacial score (nSPS) is 10.6. The first-order valence-electron chi connectivity index (χ1n) is 6.69. The molecule has 5 nitrogen and oxygen atoms in total. The highest BCUT2D eigenvalue weighted by Gasteiger charge is 2.13. The number of nitrogens with zero attached hydrogens (tertiary/aromatic N) is 3. The number of anilines is 1. The van der Waals surface area contributed by atoms with Crippen molar-refractivity contribution in [3.63, 3.8) is 0 Å². The van der Waals surface area contributed by atoms with Crippen molar-refractivity contribution in [3.05, 3.63) is 66.2 Å². The third-order valence-electron chi connectivity index (χ3n) is 3.44. The van der Waals surface area contributed by atoms with E-state index in [4.69, 9.17) is 0 Å². The Hall–Kier alpha value is -2.82. The lowest BCUT2D eigenvalue weighted by Crippen LogP contribution is -2.15. The third kappa shape index (κ3) is 2.45. The van der Waals surface area contributed by atoms with E-state index in [2.05, 4.69) is 10.4 Å². The number of carbonyl (C=O) groups excluding carboxylic acids is 1. The molecule has 3 aromatic rings. The highest BCUT2D eigenvalue weighted by atomic mass is 16.2. The zero-order chi connectivity index (χ0) is 14.8. The number of aromatic nitrogens is 3. The molecule has 0 aliphatic heterocycles. The van der Waals surface area contributed by atoms with E-state index in [-0.39, 0.29) is 5.91 Å². The summed E-state index contributed by atoms with van der Waals surface area (Å²) in [5.74, 6) is -0.141. The zero-order valence-electron chi connectivity index (χ0n) is 11.9. The van der Waals surface area contributed by atoms with Gasteiger partial charge in [0.2, 0.25) is 0 Å². The number of amides is 1. The number of carbonyl (C=O) groups is 1. The Kier molecular flexibility index (Phi) is 3.31. The van der Waals surface area contributed by atoms with Crippen LogP contribution in [0.25, 0.3) is 5.69 Å². The summed E-state index contributed by atoms with van der Waals surface area (Å²) in [7, 11) is 1.84. The Morgan fingerprint density at radius 2 is 1.90 bits per heavy atom. The maximum atomic E-state index is 12.2. The van der Waals surface area contributed by atoms with Gasteiger partial charge < -0.3 is 9.88 Å². The van der Waals surface area contributed by atoms with Gasteiger partial charge in [0.1, 0.15) is 5.69 Å². The second-order valence-corrected chi connectivity index (χ2v) is 4.85. The van der Waals surface area contributed by atoms with Crippen LogP contribution in [0.1, 0.15) is 16.2 Å². The van der Waals surface area contributed by atoms with E-state index in [0.29, 0.717) is 11.4 Å². The van der Waals surface area contributed by atoms with E-state index < -0.39 is 0 Å². The van der Waals surface area contributed by atoms with Gasteiger partial charge in [0.15, 0.2) is 0 Å². The number of nitrogens with one attached hydrogen (secondary N) is 1. The molecule has 2 heterocycles. The van der Waals surface area contributed by atoms with E-state index in [1.165, 1.54) is 0 Å². The van der Waals surface area contributed by atoms with Crippen molar-refractivity contribution >= 4 is 11.6 Å². The Morgan fingerprint density at radius 3 is 2.57 bits per heavy atom. The molecule has 106 valence electrons. The SMILES string of the molecule is Cc1c(NC(=O)c2cccn2C)cnn1-c1ccccc1. The molecule has 2 aromatic heterocycles. The first-order valence-corrected chi connectivity index (χ1v) is 6.69. The van der Waals surface area contributed by atoms with Gasteiger partial charge in [0.05, 0.1) is 23.3 Å². The molecular formula is C16H16N4O. The lowest BCUT2D eigenvalue weighted by Gasteiger charge is -2.07. The summed E-state index contributed by atoms with van der Waals surface area (Å²) in [6, 6.07) is 13.4. The summed E-state index contributed by atoms with van der Waals surface area (Å²) in [6.45, 7) is 1.93. The number of benzene rings is 1. The van der Waals surface area contributed by atoms with Crippen LogP contribution < -0.4 is 5.32 Å². The predicted molar refractivity (Wildman–Crippen MR) is 81.7 cm³/mol. The van der Waals surface area contributed by atoms with Crippen LogP contribution in [0.15, 0.2) is 54.9 Å². The van der Waals surface area contributed by atoms with Gasteiger partial charge >= 0.3 is 0 Å². The second-order valence-electron chi connectivity index (χ2n) is 4.85. The number of hydrogen-bond donors (Lipinski definition) is 1. The van der Waals surface area contributed by atoms with Crippen LogP contribution in [0, 0.1) is 6.92 Å². The van der Waals surface area contributed by atoms with Crippen LogP contribution in [0.4, 0.5) is 5.69 Å². The zero-order valence-corrected chi connectivity index (χ0v) is 11.9. The maximum absolute atomic E-state index is 12.2. The summed E-state index contributed by atoms with van der Waals surface area (Å²) in [5.41, 5.74) is 3.19. The molecule has 0 saturated carbocycles. The molecule has 0 atom stereocenters. The van der Waals surface area contributed by atoms with E-state index >= 15 is 0 Å². The van der Waals surface area contributed by atoms with Crippen molar-refractivity contribution in [2.24, 2.45) is 7.05 Å². The fourth-order valence-corrected chi connectivity index (χ4v) is 2.25.